The van der Waals surface area contributed by atoms with Gasteiger partial charge in [0.25, 0.3) is 0 Å². The van der Waals surface area contributed by atoms with E-state index in [2.05, 4.69) is 16.4 Å². The fourth-order valence-electron chi connectivity index (χ4n) is 2.41. The molecule has 2 atom stereocenters. The Labute approximate surface area is 108 Å². The number of nitrogens with one attached hydrogen (secondary N) is 1. The first kappa shape index (κ1) is 13.0. The maximum absolute atomic E-state index is 11.6. The van der Waals surface area contributed by atoms with Gasteiger partial charge in [-0.3, -0.25) is 15.1 Å². The highest BCUT2D eigenvalue weighted by Gasteiger charge is 2.25. The zero-order valence-corrected chi connectivity index (χ0v) is 11.0. The summed E-state index contributed by atoms with van der Waals surface area (Å²) in [6.07, 6.45) is 5.04. The number of rotatable bonds is 4. The van der Waals surface area contributed by atoms with Crippen molar-refractivity contribution in [2.75, 3.05) is 6.61 Å². The van der Waals surface area contributed by atoms with E-state index in [1.165, 1.54) is 5.56 Å². The highest BCUT2D eigenvalue weighted by molar-refractivity contribution is 5.75. The molecule has 0 saturated heterocycles. The molecule has 0 fully saturated rings. The third-order valence-electron chi connectivity index (χ3n) is 3.29. The lowest BCUT2D eigenvalue weighted by Crippen LogP contribution is -2.39. The second-order valence-corrected chi connectivity index (χ2v) is 4.63. The maximum Gasteiger partial charge on any atom is 0.322 e. The number of aryl methyl sites for hydroxylation is 1. The van der Waals surface area contributed by atoms with Crippen molar-refractivity contribution < 1.29 is 9.53 Å². The average molecular weight is 248 g/mol. The summed E-state index contributed by atoms with van der Waals surface area (Å²) in [4.78, 5) is 16.1. The number of nitrogens with zero attached hydrogens (tertiary/aromatic N) is 1. The van der Waals surface area contributed by atoms with Crippen LogP contribution in [0.5, 0.6) is 0 Å². The first-order valence-electron chi connectivity index (χ1n) is 6.59. The molecule has 4 nitrogen and oxygen atoms in total. The normalized spacial score (nSPS) is 20.0. The molecular formula is C14H20N2O2. The third-order valence-corrected chi connectivity index (χ3v) is 3.29. The van der Waals surface area contributed by atoms with Crippen molar-refractivity contribution in [1.29, 1.82) is 0 Å². The Morgan fingerprint density at radius 3 is 3.28 bits per heavy atom. The van der Waals surface area contributed by atoms with Crippen molar-refractivity contribution in [3.8, 4) is 0 Å². The second-order valence-electron chi connectivity index (χ2n) is 4.63. The summed E-state index contributed by atoms with van der Waals surface area (Å²) in [6.45, 7) is 4.08. The van der Waals surface area contributed by atoms with Gasteiger partial charge in [-0.2, -0.15) is 0 Å². The summed E-state index contributed by atoms with van der Waals surface area (Å²) in [5.74, 6) is -0.194. The lowest BCUT2D eigenvalue weighted by molar-refractivity contribution is -0.145. The van der Waals surface area contributed by atoms with Crippen LogP contribution in [0.3, 0.4) is 0 Å². The zero-order chi connectivity index (χ0) is 13.0. The topological polar surface area (TPSA) is 51.2 Å². The number of carbonyl (C=O) groups is 1. The van der Waals surface area contributed by atoms with Crippen LogP contribution in [0.4, 0.5) is 0 Å². The van der Waals surface area contributed by atoms with Crippen LogP contribution >= 0.6 is 0 Å². The largest absolute Gasteiger partial charge is 0.465 e. The van der Waals surface area contributed by atoms with E-state index in [0.29, 0.717) is 6.61 Å². The van der Waals surface area contributed by atoms with E-state index in [4.69, 9.17) is 4.74 Å². The number of hydrogen-bond donors (Lipinski definition) is 1. The van der Waals surface area contributed by atoms with E-state index in [9.17, 15) is 4.79 Å². The Bertz CT molecular complexity index is 420. The minimum absolute atomic E-state index is 0.161. The molecule has 0 spiro atoms. The molecule has 0 amide bonds. The molecule has 1 aromatic heterocycles. The third kappa shape index (κ3) is 2.88. The number of esters is 1. The van der Waals surface area contributed by atoms with Gasteiger partial charge in [0.15, 0.2) is 0 Å². The number of fused-ring (bicyclic) bond motifs is 1. The van der Waals surface area contributed by atoms with Gasteiger partial charge in [-0.25, -0.2) is 0 Å². The standard InChI is InChI=1S/C14H20N2O2/c1-3-18-14(17)10(2)16-12-8-4-6-11-7-5-9-15-13(11)12/h5,7,9-10,12,16H,3-4,6,8H2,1-2H3. The zero-order valence-electron chi connectivity index (χ0n) is 11.0. The van der Waals surface area contributed by atoms with E-state index in [1.54, 1.807) is 0 Å². The average Bonchev–Trinajstić information content (AvgIpc) is 2.39. The van der Waals surface area contributed by atoms with Gasteiger partial charge < -0.3 is 4.74 Å². The molecule has 0 bridgehead atoms. The number of aromatic nitrogens is 1. The van der Waals surface area contributed by atoms with Gasteiger partial charge in [0, 0.05) is 6.20 Å². The van der Waals surface area contributed by atoms with Crippen molar-refractivity contribution in [1.82, 2.24) is 10.3 Å². The van der Waals surface area contributed by atoms with Gasteiger partial charge in [-0.1, -0.05) is 6.07 Å². The molecule has 0 radical (unpaired) electrons. The molecule has 0 aliphatic heterocycles. The Kier molecular flexibility index (Phi) is 4.31. The minimum Gasteiger partial charge on any atom is -0.465 e. The lowest BCUT2D eigenvalue weighted by atomic mass is 9.91. The van der Waals surface area contributed by atoms with E-state index in [0.717, 1.165) is 25.0 Å². The first-order valence-corrected chi connectivity index (χ1v) is 6.59. The van der Waals surface area contributed by atoms with Crippen LogP contribution in [0.15, 0.2) is 18.3 Å². The van der Waals surface area contributed by atoms with E-state index in [-0.39, 0.29) is 18.1 Å². The second kappa shape index (κ2) is 5.96. The summed E-state index contributed by atoms with van der Waals surface area (Å²) in [5, 5.41) is 3.32. The maximum atomic E-state index is 11.6. The summed E-state index contributed by atoms with van der Waals surface area (Å²) in [5.41, 5.74) is 2.37. The molecule has 0 saturated carbocycles. The van der Waals surface area contributed by atoms with Crippen LogP contribution in [0.1, 0.15) is 44.0 Å². The summed E-state index contributed by atoms with van der Waals surface area (Å²) in [7, 11) is 0. The molecule has 1 aliphatic carbocycles. The van der Waals surface area contributed by atoms with Gasteiger partial charge in [-0.15, -0.1) is 0 Å². The Morgan fingerprint density at radius 1 is 1.67 bits per heavy atom. The van der Waals surface area contributed by atoms with Gasteiger partial charge in [0.05, 0.1) is 18.3 Å². The van der Waals surface area contributed by atoms with E-state index < -0.39 is 0 Å². The van der Waals surface area contributed by atoms with Crippen LogP contribution in [0, 0.1) is 0 Å². The highest BCUT2D eigenvalue weighted by Crippen LogP contribution is 2.27. The Balaban J connectivity index is 2.05. The molecule has 18 heavy (non-hydrogen) atoms. The molecule has 1 N–H and O–H groups in total. The van der Waals surface area contributed by atoms with Crippen LogP contribution in [-0.4, -0.2) is 23.6 Å². The van der Waals surface area contributed by atoms with Crippen molar-refractivity contribution in [2.24, 2.45) is 0 Å². The number of carbonyl (C=O) groups excluding carboxylic acids is 1. The molecule has 0 aromatic carbocycles. The quantitative estimate of drug-likeness (QED) is 0.828. The molecule has 2 rings (SSSR count). The van der Waals surface area contributed by atoms with Gasteiger partial charge in [0.1, 0.15) is 6.04 Å². The first-order chi connectivity index (χ1) is 8.72. The molecule has 1 heterocycles. The highest BCUT2D eigenvalue weighted by atomic mass is 16.5. The Morgan fingerprint density at radius 2 is 2.50 bits per heavy atom. The predicted octanol–water partition coefficient (Wildman–Crippen LogP) is 2.00. The molecule has 1 aliphatic rings. The van der Waals surface area contributed by atoms with Crippen molar-refractivity contribution in [3.05, 3.63) is 29.6 Å². The van der Waals surface area contributed by atoms with Gasteiger partial charge in [-0.05, 0) is 44.7 Å². The summed E-state index contributed by atoms with van der Waals surface area (Å²) < 4.78 is 5.01. The molecule has 98 valence electrons. The number of pyridine rings is 1. The molecule has 2 unspecified atom stereocenters. The van der Waals surface area contributed by atoms with E-state index in [1.807, 2.05) is 26.1 Å². The van der Waals surface area contributed by atoms with Crippen LogP contribution in [0.2, 0.25) is 0 Å². The van der Waals surface area contributed by atoms with E-state index >= 15 is 0 Å². The minimum atomic E-state index is -0.289. The molecule has 4 heteroatoms. The fraction of sp³-hybridized carbons (Fsp3) is 0.571. The monoisotopic (exact) mass is 248 g/mol. The summed E-state index contributed by atoms with van der Waals surface area (Å²) in [6, 6.07) is 3.96. The van der Waals surface area contributed by atoms with Gasteiger partial charge >= 0.3 is 5.97 Å². The smallest absolute Gasteiger partial charge is 0.322 e. The fourth-order valence-corrected chi connectivity index (χ4v) is 2.41. The van der Waals surface area contributed by atoms with Crippen LogP contribution in [-0.2, 0) is 16.0 Å². The SMILES string of the molecule is CCOC(=O)C(C)NC1CCCc2cccnc21. The van der Waals surface area contributed by atoms with Crippen molar-refractivity contribution >= 4 is 5.97 Å². The van der Waals surface area contributed by atoms with Gasteiger partial charge in [0.2, 0.25) is 0 Å². The van der Waals surface area contributed by atoms with Crippen LogP contribution < -0.4 is 5.32 Å². The lowest BCUT2D eigenvalue weighted by Gasteiger charge is -2.27. The predicted molar refractivity (Wildman–Crippen MR) is 69.1 cm³/mol. The van der Waals surface area contributed by atoms with Crippen molar-refractivity contribution in [3.63, 3.8) is 0 Å². The number of hydrogen-bond acceptors (Lipinski definition) is 4. The van der Waals surface area contributed by atoms with Crippen molar-refractivity contribution in [2.45, 2.75) is 45.2 Å². The molecule has 1 aromatic rings. The number of ether oxygens (including phenoxy) is 1. The molecular weight excluding hydrogens is 228 g/mol. The van der Waals surface area contributed by atoms with Crippen LogP contribution in [0.25, 0.3) is 0 Å². The summed E-state index contributed by atoms with van der Waals surface area (Å²) >= 11 is 0. The Hall–Kier alpha value is -1.42.